The van der Waals surface area contributed by atoms with Crippen molar-refractivity contribution in [1.29, 1.82) is 0 Å². The van der Waals surface area contributed by atoms with Gasteiger partial charge in [0, 0.05) is 32.1 Å². The monoisotopic (exact) mass is 416 g/mol. The lowest BCUT2D eigenvalue weighted by atomic mass is 9.99. The summed E-state index contributed by atoms with van der Waals surface area (Å²) < 4.78 is 37.3. The molecule has 0 radical (unpaired) electrons. The van der Waals surface area contributed by atoms with Crippen LogP contribution in [0, 0.1) is 17.6 Å². The molecule has 7 heteroatoms. The smallest absolute Gasteiger partial charge is 0.223 e. The van der Waals surface area contributed by atoms with Crippen LogP contribution in [-0.2, 0) is 17.8 Å². The Morgan fingerprint density at radius 3 is 2.53 bits per heavy atom. The van der Waals surface area contributed by atoms with Crippen LogP contribution in [0.15, 0.2) is 30.3 Å². The normalized spacial score (nSPS) is 20.4. The first-order valence-corrected chi connectivity index (χ1v) is 10.2. The van der Waals surface area contributed by atoms with E-state index in [1.54, 1.807) is 20.3 Å². The molecule has 4 rings (SSSR count). The second-order valence-corrected chi connectivity index (χ2v) is 7.92. The van der Waals surface area contributed by atoms with Gasteiger partial charge in [0.05, 0.1) is 14.2 Å². The molecule has 2 aliphatic rings. The highest BCUT2D eigenvalue weighted by molar-refractivity contribution is 5.82. The van der Waals surface area contributed by atoms with Crippen LogP contribution in [0.5, 0.6) is 11.5 Å². The van der Waals surface area contributed by atoms with Gasteiger partial charge in [0.25, 0.3) is 0 Å². The summed E-state index contributed by atoms with van der Waals surface area (Å²) in [7, 11) is 3.27. The number of halogens is 2. The summed E-state index contributed by atoms with van der Waals surface area (Å²) >= 11 is 0. The number of carbonyl (C=O) groups excluding carboxylic acids is 1. The molecule has 0 aromatic heterocycles. The third kappa shape index (κ3) is 4.26. The fourth-order valence-corrected chi connectivity index (χ4v) is 4.20. The fourth-order valence-electron chi connectivity index (χ4n) is 4.20. The number of fused-ring (bicyclic) bond motifs is 1. The number of hydrogen-bond donors (Lipinski definition) is 1. The summed E-state index contributed by atoms with van der Waals surface area (Å²) in [6.45, 7) is 3.02. The van der Waals surface area contributed by atoms with Gasteiger partial charge in [-0.05, 0) is 59.7 Å². The van der Waals surface area contributed by atoms with E-state index < -0.39 is 11.6 Å². The average molecular weight is 416 g/mol. The Bertz CT molecular complexity index is 950. The Morgan fingerprint density at radius 2 is 1.83 bits per heavy atom. The van der Waals surface area contributed by atoms with Crippen molar-refractivity contribution in [2.24, 2.45) is 5.92 Å². The molecule has 1 aliphatic carbocycles. The first-order valence-electron chi connectivity index (χ1n) is 10.2. The second-order valence-electron chi connectivity index (χ2n) is 7.92. The first kappa shape index (κ1) is 20.6. The van der Waals surface area contributed by atoms with Crippen molar-refractivity contribution in [3.8, 4) is 11.5 Å². The van der Waals surface area contributed by atoms with Crippen molar-refractivity contribution in [1.82, 2.24) is 10.2 Å². The zero-order valence-corrected chi connectivity index (χ0v) is 17.2. The van der Waals surface area contributed by atoms with Crippen LogP contribution < -0.4 is 14.8 Å². The van der Waals surface area contributed by atoms with Crippen LogP contribution >= 0.6 is 0 Å². The molecule has 1 aliphatic heterocycles. The van der Waals surface area contributed by atoms with Gasteiger partial charge in [0.15, 0.2) is 23.1 Å². The largest absolute Gasteiger partial charge is 0.493 e. The van der Waals surface area contributed by atoms with E-state index in [4.69, 9.17) is 9.47 Å². The number of rotatable bonds is 7. The molecule has 2 aromatic rings. The Labute approximate surface area is 175 Å². The zero-order chi connectivity index (χ0) is 21.3. The van der Waals surface area contributed by atoms with Crippen molar-refractivity contribution >= 4 is 5.91 Å². The van der Waals surface area contributed by atoms with Crippen molar-refractivity contribution in [2.75, 3.05) is 33.9 Å². The van der Waals surface area contributed by atoms with E-state index in [0.29, 0.717) is 18.5 Å². The molecule has 2 unspecified atom stereocenters. The van der Waals surface area contributed by atoms with Gasteiger partial charge in [-0.2, -0.15) is 0 Å². The summed E-state index contributed by atoms with van der Waals surface area (Å²) in [6, 6.07) is 7.94. The lowest BCUT2D eigenvalue weighted by Crippen LogP contribution is -2.38. The minimum Gasteiger partial charge on any atom is -0.493 e. The van der Waals surface area contributed by atoms with Crippen LogP contribution in [0.1, 0.15) is 29.0 Å². The van der Waals surface area contributed by atoms with Crippen LogP contribution in [0.4, 0.5) is 8.78 Å². The highest BCUT2D eigenvalue weighted by Crippen LogP contribution is 2.47. The van der Waals surface area contributed by atoms with Crippen LogP contribution in [0.25, 0.3) is 0 Å². The minimum absolute atomic E-state index is 0.0199. The summed E-state index contributed by atoms with van der Waals surface area (Å²) in [4.78, 5) is 14.7. The Kier molecular flexibility index (Phi) is 5.90. The quantitative estimate of drug-likeness (QED) is 0.753. The van der Waals surface area contributed by atoms with Gasteiger partial charge in [0.1, 0.15) is 0 Å². The number of methoxy groups -OCH3 is 2. The molecular weight excluding hydrogens is 390 g/mol. The standard InChI is InChI=1S/C23H26F2N2O3/c1-29-21-10-14-5-7-27(13-16(14)11-22(21)30-2)8-6-26-23(28)18-12-17(18)15-3-4-19(24)20(25)9-15/h3-4,9-11,17-18H,5-8,12-13H2,1-2H3,(H,26,28). The van der Waals surface area contributed by atoms with Crippen LogP contribution in [-0.4, -0.2) is 44.7 Å². The number of nitrogens with one attached hydrogen (secondary N) is 1. The third-order valence-corrected chi connectivity index (χ3v) is 6.02. The Morgan fingerprint density at radius 1 is 1.10 bits per heavy atom. The number of nitrogens with zero attached hydrogens (tertiary/aromatic N) is 1. The maximum atomic E-state index is 13.4. The zero-order valence-electron chi connectivity index (χ0n) is 17.2. The molecule has 0 bridgehead atoms. The Hall–Kier alpha value is -2.67. The van der Waals surface area contributed by atoms with Crippen molar-refractivity contribution < 1.29 is 23.0 Å². The molecule has 1 heterocycles. The van der Waals surface area contributed by atoms with E-state index in [-0.39, 0.29) is 17.7 Å². The molecule has 30 heavy (non-hydrogen) atoms. The summed E-state index contributed by atoms with van der Waals surface area (Å²) in [5.74, 6) is -0.454. The van der Waals surface area contributed by atoms with Crippen molar-refractivity contribution in [3.63, 3.8) is 0 Å². The van der Waals surface area contributed by atoms with Crippen LogP contribution in [0.3, 0.4) is 0 Å². The summed E-state index contributed by atoms with van der Waals surface area (Å²) in [5, 5.41) is 2.99. The second kappa shape index (κ2) is 8.60. The average Bonchev–Trinajstić information content (AvgIpc) is 3.55. The van der Waals surface area contributed by atoms with Gasteiger partial charge in [-0.1, -0.05) is 6.07 Å². The molecule has 2 aromatic carbocycles. The molecule has 1 saturated carbocycles. The van der Waals surface area contributed by atoms with Crippen molar-refractivity contribution in [2.45, 2.75) is 25.3 Å². The van der Waals surface area contributed by atoms with E-state index in [9.17, 15) is 13.6 Å². The number of hydrogen-bond acceptors (Lipinski definition) is 4. The number of benzene rings is 2. The Balaban J connectivity index is 1.26. The number of amides is 1. The van der Waals surface area contributed by atoms with Gasteiger partial charge < -0.3 is 14.8 Å². The molecule has 1 fully saturated rings. The highest BCUT2D eigenvalue weighted by atomic mass is 19.2. The summed E-state index contributed by atoms with van der Waals surface area (Å²) in [6.07, 6.45) is 1.60. The third-order valence-electron chi connectivity index (χ3n) is 6.02. The lowest BCUT2D eigenvalue weighted by molar-refractivity contribution is -0.122. The van der Waals surface area contributed by atoms with E-state index in [1.165, 1.54) is 17.2 Å². The molecule has 5 nitrogen and oxygen atoms in total. The first-order chi connectivity index (χ1) is 14.5. The topological polar surface area (TPSA) is 50.8 Å². The molecule has 0 saturated heterocycles. The molecule has 1 N–H and O–H groups in total. The van der Waals surface area contributed by atoms with E-state index in [0.717, 1.165) is 43.6 Å². The van der Waals surface area contributed by atoms with E-state index >= 15 is 0 Å². The number of carbonyl (C=O) groups is 1. The molecular formula is C23H26F2N2O3. The molecule has 2 atom stereocenters. The van der Waals surface area contributed by atoms with Crippen LogP contribution in [0.2, 0.25) is 0 Å². The molecule has 0 spiro atoms. The SMILES string of the molecule is COc1cc2c(cc1OC)CN(CCNC(=O)C1CC1c1ccc(F)c(F)c1)CC2. The predicted octanol–water partition coefficient (Wildman–Crippen LogP) is 3.26. The van der Waals surface area contributed by atoms with Gasteiger partial charge in [-0.3, -0.25) is 9.69 Å². The van der Waals surface area contributed by atoms with Gasteiger partial charge in [-0.15, -0.1) is 0 Å². The lowest BCUT2D eigenvalue weighted by Gasteiger charge is -2.29. The predicted molar refractivity (Wildman–Crippen MR) is 109 cm³/mol. The van der Waals surface area contributed by atoms with Crippen molar-refractivity contribution in [3.05, 3.63) is 58.7 Å². The van der Waals surface area contributed by atoms with E-state index in [1.807, 2.05) is 12.1 Å². The summed E-state index contributed by atoms with van der Waals surface area (Å²) in [5.41, 5.74) is 3.16. The highest BCUT2D eigenvalue weighted by Gasteiger charge is 2.44. The van der Waals surface area contributed by atoms with Gasteiger partial charge >= 0.3 is 0 Å². The maximum absolute atomic E-state index is 13.4. The molecule has 1 amide bonds. The maximum Gasteiger partial charge on any atom is 0.223 e. The van der Waals surface area contributed by atoms with E-state index in [2.05, 4.69) is 10.2 Å². The van der Waals surface area contributed by atoms with Gasteiger partial charge in [-0.25, -0.2) is 8.78 Å². The van der Waals surface area contributed by atoms with Gasteiger partial charge in [0.2, 0.25) is 5.91 Å². The minimum atomic E-state index is -0.863. The molecule has 160 valence electrons. The number of ether oxygens (including phenoxy) is 2. The fraction of sp³-hybridized carbons (Fsp3) is 0.435.